The van der Waals surface area contributed by atoms with E-state index >= 15 is 4.39 Å². The van der Waals surface area contributed by atoms with Gasteiger partial charge in [0.05, 0.1) is 12.9 Å². The van der Waals surface area contributed by atoms with Crippen molar-refractivity contribution in [1.29, 1.82) is 0 Å². The Bertz CT molecular complexity index is 1840. The number of imidazole rings is 1. The Balaban J connectivity index is 0.000000785. The van der Waals surface area contributed by atoms with E-state index in [1.54, 1.807) is 36.4 Å². The van der Waals surface area contributed by atoms with Gasteiger partial charge in [-0.15, -0.1) is 0 Å². The first-order valence-electron chi connectivity index (χ1n) is 16.4. The number of hydrogen-bond acceptors (Lipinski definition) is 13. The average molecular weight is 787 g/mol. The van der Waals surface area contributed by atoms with Crippen molar-refractivity contribution in [2.24, 2.45) is 5.92 Å². The lowest BCUT2D eigenvalue weighted by Gasteiger charge is -2.22. The quantitative estimate of drug-likeness (QED) is 0.0569. The summed E-state index contributed by atoms with van der Waals surface area (Å²) in [6.45, 7) is 5.05. The molecule has 0 saturated carbocycles. The van der Waals surface area contributed by atoms with E-state index in [1.165, 1.54) is 43.5 Å². The van der Waals surface area contributed by atoms with Crippen LogP contribution in [0.5, 0.6) is 5.75 Å². The lowest BCUT2D eigenvalue weighted by molar-refractivity contribution is -0.143. The van der Waals surface area contributed by atoms with Gasteiger partial charge < -0.3 is 29.7 Å². The number of alkyl halides is 1. The van der Waals surface area contributed by atoms with Crippen LogP contribution in [0.2, 0.25) is 5.28 Å². The molecule has 284 valence electrons. The van der Waals surface area contributed by atoms with Gasteiger partial charge in [-0.1, -0.05) is 88.6 Å². The summed E-state index contributed by atoms with van der Waals surface area (Å²) in [6.07, 6.45) is -1.76. The number of aliphatic hydroxyl groups excluding tert-OH is 1. The first-order chi connectivity index (χ1) is 24.8. The highest BCUT2D eigenvalue weighted by Crippen LogP contribution is 2.60. The van der Waals surface area contributed by atoms with Crippen LogP contribution in [0, 0.1) is 5.92 Å². The summed E-state index contributed by atoms with van der Waals surface area (Å²) < 4.78 is 68.4. The highest BCUT2D eigenvalue weighted by Gasteiger charge is 2.48. The van der Waals surface area contributed by atoms with Gasteiger partial charge in [-0.3, -0.25) is 13.9 Å². The fourth-order valence-electron chi connectivity index (χ4n) is 5.00. The topological polar surface area (TPSA) is 219 Å². The number of benzene rings is 2. The Labute approximate surface area is 305 Å². The number of esters is 1. The molecule has 0 spiro atoms. The molecular formula is C32H42ClFN6O10P2. The van der Waals surface area contributed by atoms with Gasteiger partial charge in [-0.25, -0.2) is 23.6 Å². The Morgan fingerprint density at radius 1 is 1.08 bits per heavy atom. The minimum atomic E-state index is -5.29. The number of phosphoric ester groups is 1. The van der Waals surface area contributed by atoms with Crippen LogP contribution in [0.1, 0.15) is 51.8 Å². The zero-order chi connectivity index (χ0) is 37.9. The van der Waals surface area contributed by atoms with Gasteiger partial charge in [0, 0.05) is 0 Å². The normalized spacial score (nSPS) is 20.8. The molecule has 3 unspecified atom stereocenters. The Morgan fingerprint density at radius 2 is 1.71 bits per heavy atom. The van der Waals surface area contributed by atoms with Crippen molar-refractivity contribution in [3.63, 3.8) is 0 Å². The van der Waals surface area contributed by atoms with Crippen LogP contribution in [0.4, 0.5) is 10.2 Å². The van der Waals surface area contributed by atoms with Crippen molar-refractivity contribution in [2.45, 2.75) is 71.2 Å². The van der Waals surface area contributed by atoms with Crippen LogP contribution >= 0.6 is 27.2 Å². The van der Waals surface area contributed by atoms with Gasteiger partial charge in [-0.2, -0.15) is 14.3 Å². The Kier molecular flexibility index (Phi) is 15.1. The number of nitrogens with zero attached hydrogens (tertiary/aromatic N) is 4. The highest BCUT2D eigenvalue weighted by molar-refractivity contribution is 7.63. The molecule has 0 aliphatic carbocycles. The number of carbonyl (C=O) groups excluding carboxylic acids is 1. The van der Waals surface area contributed by atoms with E-state index in [1.807, 2.05) is 0 Å². The maximum absolute atomic E-state index is 15.1. The van der Waals surface area contributed by atoms with E-state index < -0.39 is 59.3 Å². The standard InChI is InChI=1S/C25H26ClFN6O10P2.C7H16/c26-25-31-22(28)20-23(32-25)33(14-29-20)24-19(27)21(35)17(41-24)13-40-45(37,38)43-44(36,42-16-9-5-2-6-10-16)30-11-18(34)39-12-15-7-3-1-4-8-15;1-4-7(5-2)6-3/h1-10,14,17,19,21,24,35H,11-13H2,(H,30,36)(H,37,38)(H2,28,31,32);7H,4-6H2,1-3H3/t17-,19-,21?,24-,44?;/m1./s1. The predicted octanol–water partition coefficient (Wildman–Crippen LogP) is 6.14. The Hall–Kier alpha value is -3.50. The molecule has 0 amide bonds. The number of halogens is 2. The number of para-hydroxylation sites is 1. The molecule has 1 aliphatic rings. The van der Waals surface area contributed by atoms with Gasteiger partial charge in [0.15, 0.2) is 23.9 Å². The van der Waals surface area contributed by atoms with E-state index in [-0.39, 0.29) is 34.6 Å². The number of hydrogen-bond donors (Lipinski definition) is 4. The molecule has 0 radical (unpaired) electrons. The molecule has 52 heavy (non-hydrogen) atoms. The molecule has 5 rings (SSSR count). The lowest BCUT2D eigenvalue weighted by Crippen LogP contribution is -2.31. The number of aromatic nitrogens is 4. The van der Waals surface area contributed by atoms with Crippen molar-refractivity contribution in [3.05, 3.63) is 77.8 Å². The number of phosphoric acid groups is 1. The molecule has 1 aliphatic heterocycles. The summed E-state index contributed by atoms with van der Waals surface area (Å²) in [5.74, 6) is -0.00666. The molecule has 6 atom stereocenters. The van der Waals surface area contributed by atoms with Crippen LogP contribution in [0.3, 0.4) is 0 Å². The van der Waals surface area contributed by atoms with Crippen molar-refractivity contribution in [1.82, 2.24) is 24.6 Å². The largest absolute Gasteiger partial charge is 0.481 e. The second-order valence-corrected chi connectivity index (χ2v) is 15.2. The molecule has 3 heterocycles. The zero-order valence-electron chi connectivity index (χ0n) is 28.7. The first kappa shape index (κ1) is 41.3. The van der Waals surface area contributed by atoms with Gasteiger partial charge in [0.1, 0.15) is 36.6 Å². The summed E-state index contributed by atoms with van der Waals surface area (Å²) in [4.78, 5) is 34.5. The molecule has 5 N–H and O–H groups in total. The molecule has 0 bridgehead atoms. The Morgan fingerprint density at radius 3 is 2.33 bits per heavy atom. The summed E-state index contributed by atoms with van der Waals surface area (Å²) in [5.41, 5.74) is 6.58. The monoisotopic (exact) mass is 786 g/mol. The molecule has 20 heteroatoms. The van der Waals surface area contributed by atoms with Crippen molar-refractivity contribution < 1.29 is 51.1 Å². The summed E-state index contributed by atoms with van der Waals surface area (Å²) in [7, 11) is -10.1. The van der Waals surface area contributed by atoms with Crippen molar-refractivity contribution in [2.75, 3.05) is 18.9 Å². The number of anilines is 1. The second-order valence-electron chi connectivity index (χ2n) is 11.5. The van der Waals surface area contributed by atoms with Crippen LogP contribution in [0.25, 0.3) is 11.2 Å². The third kappa shape index (κ3) is 11.5. The molecule has 2 aromatic heterocycles. The van der Waals surface area contributed by atoms with Crippen molar-refractivity contribution in [3.8, 4) is 5.75 Å². The lowest BCUT2D eigenvalue weighted by atomic mass is 10.0. The van der Waals surface area contributed by atoms with Gasteiger partial charge >= 0.3 is 21.5 Å². The number of carbonyl (C=O) groups is 1. The maximum Gasteiger partial charge on any atom is 0.481 e. The number of ether oxygens (including phenoxy) is 2. The van der Waals surface area contributed by atoms with Gasteiger partial charge in [0.2, 0.25) is 5.28 Å². The molecule has 2 aromatic carbocycles. The highest BCUT2D eigenvalue weighted by atomic mass is 35.5. The zero-order valence-corrected chi connectivity index (χ0v) is 31.2. The average Bonchev–Trinajstić information content (AvgIpc) is 3.67. The molecule has 1 fully saturated rings. The van der Waals surface area contributed by atoms with Crippen LogP contribution in [-0.2, 0) is 38.8 Å². The van der Waals surface area contributed by atoms with Crippen LogP contribution in [-0.4, -0.2) is 67.0 Å². The number of nitrogens with one attached hydrogen (secondary N) is 1. The molecule has 1 saturated heterocycles. The fourth-order valence-corrected chi connectivity index (χ4v) is 7.94. The molecule has 4 aromatic rings. The smallest absolute Gasteiger partial charge is 0.460 e. The van der Waals surface area contributed by atoms with Gasteiger partial charge in [-0.05, 0) is 35.2 Å². The number of nitrogens with two attached hydrogens (primary N) is 1. The molecule has 16 nitrogen and oxygen atoms in total. The third-order valence-electron chi connectivity index (χ3n) is 7.96. The SMILES string of the molecule is CCC(CC)CC.Nc1nc(Cl)nc2c1ncn2[C@@H]1O[C@H](COP(=O)(O)OP(=O)(NCC(=O)OCc2ccccc2)Oc2ccccc2)C(O)[C@H]1F. The fraction of sp³-hybridized carbons (Fsp3) is 0.438. The number of nitrogen functional groups attached to an aromatic ring is 1. The van der Waals surface area contributed by atoms with Gasteiger partial charge in [0.25, 0.3) is 0 Å². The molecular weight excluding hydrogens is 745 g/mol. The van der Waals surface area contributed by atoms with E-state index in [0.717, 1.165) is 16.8 Å². The van der Waals surface area contributed by atoms with E-state index in [0.29, 0.717) is 5.56 Å². The van der Waals surface area contributed by atoms with Crippen molar-refractivity contribution >= 4 is 50.1 Å². The number of rotatable bonds is 16. The minimum Gasteiger partial charge on any atom is -0.460 e. The summed E-state index contributed by atoms with van der Waals surface area (Å²) in [6, 6.07) is 16.2. The van der Waals surface area contributed by atoms with Crippen LogP contribution in [0.15, 0.2) is 67.0 Å². The van der Waals surface area contributed by atoms with E-state index in [2.05, 4.69) is 40.8 Å². The summed E-state index contributed by atoms with van der Waals surface area (Å²) in [5, 5.41) is 12.4. The first-order valence-corrected chi connectivity index (χ1v) is 19.8. The van der Waals surface area contributed by atoms with Crippen LogP contribution < -0.4 is 15.3 Å². The maximum atomic E-state index is 15.1. The number of aliphatic hydroxyl groups is 1. The third-order valence-corrected chi connectivity index (χ3v) is 11.3. The van der Waals surface area contributed by atoms with E-state index in [9.17, 15) is 23.9 Å². The summed E-state index contributed by atoms with van der Waals surface area (Å²) >= 11 is 5.85. The number of fused-ring (bicyclic) bond motifs is 1. The van der Waals surface area contributed by atoms with E-state index in [4.69, 9.17) is 40.2 Å². The minimum absolute atomic E-state index is 0.0115. The predicted molar refractivity (Wildman–Crippen MR) is 190 cm³/mol. The second kappa shape index (κ2) is 19.0.